The van der Waals surface area contributed by atoms with Crippen molar-refractivity contribution in [2.75, 3.05) is 18.1 Å². The number of ether oxygens (including phenoxy) is 1. The highest BCUT2D eigenvalue weighted by Gasteiger charge is 2.45. The molecule has 8 heteroatoms. The van der Waals surface area contributed by atoms with E-state index in [0.717, 1.165) is 10.2 Å². The summed E-state index contributed by atoms with van der Waals surface area (Å²) in [5.74, 6) is -3.84. The molecule has 0 bridgehead atoms. The van der Waals surface area contributed by atoms with E-state index >= 15 is 0 Å². The molecule has 2 heterocycles. The van der Waals surface area contributed by atoms with Crippen LogP contribution in [0.4, 0.5) is 10.2 Å². The fraction of sp³-hybridized carbons (Fsp3) is 0.294. The smallest absolute Gasteiger partial charge is 0.328 e. The standard InChI is InChI=1S/C17H16FN3O4/c1-2-25-17(24)14-15(22)20(13-7-9-19-21(13)16(14)23)10-8-11-3-5-12(18)6-4-11/h3-7,9,14H,2,8,10H2,1H3. The quantitative estimate of drug-likeness (QED) is 0.605. The van der Waals surface area contributed by atoms with Crippen LogP contribution in [0.5, 0.6) is 0 Å². The van der Waals surface area contributed by atoms with E-state index in [1.54, 1.807) is 19.1 Å². The lowest BCUT2D eigenvalue weighted by Gasteiger charge is -2.30. The van der Waals surface area contributed by atoms with Crippen LogP contribution in [0.1, 0.15) is 17.3 Å². The lowest BCUT2D eigenvalue weighted by atomic mass is 10.0. The van der Waals surface area contributed by atoms with Gasteiger partial charge in [0, 0.05) is 12.6 Å². The van der Waals surface area contributed by atoms with E-state index < -0.39 is 23.7 Å². The highest BCUT2D eigenvalue weighted by Crippen LogP contribution is 2.25. The van der Waals surface area contributed by atoms with Crippen molar-refractivity contribution in [3.8, 4) is 0 Å². The molecule has 1 aliphatic rings. The van der Waals surface area contributed by atoms with E-state index in [4.69, 9.17) is 4.74 Å². The molecular weight excluding hydrogens is 329 g/mol. The van der Waals surface area contributed by atoms with E-state index in [2.05, 4.69) is 5.10 Å². The van der Waals surface area contributed by atoms with E-state index in [1.165, 1.54) is 29.3 Å². The van der Waals surface area contributed by atoms with Gasteiger partial charge in [0.25, 0.3) is 11.8 Å². The van der Waals surface area contributed by atoms with E-state index in [1.807, 2.05) is 0 Å². The summed E-state index contributed by atoms with van der Waals surface area (Å²) in [5, 5.41) is 3.90. The zero-order valence-corrected chi connectivity index (χ0v) is 13.5. The van der Waals surface area contributed by atoms with Crippen molar-refractivity contribution < 1.29 is 23.5 Å². The number of carbonyl (C=O) groups is 3. The Balaban J connectivity index is 1.85. The second-order valence-electron chi connectivity index (χ2n) is 5.49. The summed E-state index contributed by atoms with van der Waals surface area (Å²) in [7, 11) is 0. The molecule has 0 N–H and O–H groups in total. The van der Waals surface area contributed by atoms with Crippen LogP contribution in [-0.4, -0.2) is 40.7 Å². The summed E-state index contributed by atoms with van der Waals surface area (Å²) in [5.41, 5.74) is 0.824. The number of anilines is 1. The summed E-state index contributed by atoms with van der Waals surface area (Å²) in [6, 6.07) is 7.44. The molecule has 0 aliphatic carbocycles. The largest absolute Gasteiger partial charge is 0.465 e. The molecule has 0 saturated heterocycles. The van der Waals surface area contributed by atoms with Gasteiger partial charge in [0.05, 0.1) is 12.8 Å². The highest BCUT2D eigenvalue weighted by atomic mass is 19.1. The third-order valence-corrected chi connectivity index (χ3v) is 3.93. The monoisotopic (exact) mass is 345 g/mol. The van der Waals surface area contributed by atoms with Crippen molar-refractivity contribution in [3.05, 3.63) is 47.9 Å². The highest BCUT2D eigenvalue weighted by molar-refractivity contribution is 6.23. The Bertz CT molecular complexity index is 816. The SMILES string of the molecule is CCOC(=O)C1C(=O)N(CCc2ccc(F)cc2)c2ccnn2C1=O. The van der Waals surface area contributed by atoms with Gasteiger partial charge >= 0.3 is 5.97 Å². The molecule has 1 atom stereocenters. The third-order valence-electron chi connectivity index (χ3n) is 3.93. The molecule has 0 spiro atoms. The minimum atomic E-state index is -1.56. The second kappa shape index (κ2) is 6.84. The normalized spacial score (nSPS) is 16.7. The van der Waals surface area contributed by atoms with E-state index in [0.29, 0.717) is 12.2 Å². The minimum Gasteiger partial charge on any atom is -0.465 e. The molecule has 0 saturated carbocycles. The molecule has 0 fully saturated rings. The van der Waals surface area contributed by atoms with Gasteiger partial charge in [-0.05, 0) is 31.0 Å². The van der Waals surface area contributed by atoms with Gasteiger partial charge in [0.15, 0.2) is 0 Å². The minimum absolute atomic E-state index is 0.0669. The first-order chi connectivity index (χ1) is 12.0. The maximum absolute atomic E-state index is 13.0. The van der Waals surface area contributed by atoms with Crippen molar-refractivity contribution in [2.45, 2.75) is 13.3 Å². The molecule has 1 aliphatic heterocycles. The molecule has 1 aromatic heterocycles. The molecule has 2 aromatic rings. The van der Waals surface area contributed by atoms with Crippen molar-refractivity contribution in [1.29, 1.82) is 0 Å². The van der Waals surface area contributed by atoms with Crippen LogP contribution < -0.4 is 4.90 Å². The molecule has 7 nitrogen and oxygen atoms in total. The Morgan fingerprint density at radius 3 is 2.60 bits per heavy atom. The number of benzene rings is 1. The zero-order valence-electron chi connectivity index (χ0n) is 13.5. The van der Waals surface area contributed by atoms with Crippen molar-refractivity contribution in [1.82, 2.24) is 9.78 Å². The fourth-order valence-electron chi connectivity index (χ4n) is 2.71. The van der Waals surface area contributed by atoms with Crippen LogP contribution in [0, 0.1) is 11.7 Å². The topological polar surface area (TPSA) is 81.5 Å². The van der Waals surface area contributed by atoms with Gasteiger partial charge in [0.2, 0.25) is 5.92 Å². The first-order valence-electron chi connectivity index (χ1n) is 7.83. The van der Waals surface area contributed by atoms with Gasteiger partial charge in [-0.2, -0.15) is 9.78 Å². The summed E-state index contributed by atoms with van der Waals surface area (Å²) in [6.45, 7) is 1.89. The van der Waals surface area contributed by atoms with Gasteiger partial charge in [-0.15, -0.1) is 0 Å². The first kappa shape index (κ1) is 16.8. The average molecular weight is 345 g/mol. The first-order valence-corrected chi connectivity index (χ1v) is 7.83. The van der Waals surface area contributed by atoms with Crippen LogP contribution in [0.25, 0.3) is 0 Å². The van der Waals surface area contributed by atoms with Gasteiger partial charge in [-0.1, -0.05) is 12.1 Å². The van der Waals surface area contributed by atoms with Crippen LogP contribution in [-0.2, 0) is 20.7 Å². The molecule has 25 heavy (non-hydrogen) atoms. The average Bonchev–Trinajstić information content (AvgIpc) is 3.06. The number of fused-ring (bicyclic) bond motifs is 1. The summed E-state index contributed by atoms with van der Waals surface area (Å²) >= 11 is 0. The lowest BCUT2D eigenvalue weighted by Crippen LogP contribution is -2.51. The molecule has 1 unspecified atom stereocenters. The van der Waals surface area contributed by atoms with E-state index in [-0.39, 0.29) is 19.0 Å². The van der Waals surface area contributed by atoms with Gasteiger partial charge in [-0.3, -0.25) is 19.3 Å². The zero-order chi connectivity index (χ0) is 18.0. The maximum Gasteiger partial charge on any atom is 0.328 e. The summed E-state index contributed by atoms with van der Waals surface area (Å²) < 4.78 is 18.9. The lowest BCUT2D eigenvalue weighted by molar-refractivity contribution is -0.149. The molecule has 0 radical (unpaired) electrons. The predicted molar refractivity (Wildman–Crippen MR) is 85.4 cm³/mol. The maximum atomic E-state index is 13.0. The third kappa shape index (κ3) is 3.15. The predicted octanol–water partition coefficient (Wildman–Crippen LogP) is 1.43. The number of aromatic nitrogens is 2. The number of hydrogen-bond acceptors (Lipinski definition) is 5. The Hall–Kier alpha value is -3.03. The van der Waals surface area contributed by atoms with Crippen LogP contribution in [0.15, 0.2) is 36.5 Å². The van der Waals surface area contributed by atoms with Crippen molar-refractivity contribution in [2.24, 2.45) is 5.92 Å². The van der Waals surface area contributed by atoms with Crippen LogP contribution in [0.2, 0.25) is 0 Å². The Morgan fingerprint density at radius 2 is 1.92 bits per heavy atom. The number of rotatable bonds is 5. The number of carbonyl (C=O) groups excluding carboxylic acids is 3. The number of halogens is 1. The van der Waals surface area contributed by atoms with Crippen molar-refractivity contribution in [3.63, 3.8) is 0 Å². The number of hydrogen-bond donors (Lipinski definition) is 0. The molecule has 1 amide bonds. The van der Waals surface area contributed by atoms with Gasteiger partial charge < -0.3 is 4.74 Å². The summed E-state index contributed by atoms with van der Waals surface area (Å²) in [4.78, 5) is 38.4. The molecular formula is C17H16FN3O4. The fourth-order valence-corrected chi connectivity index (χ4v) is 2.71. The summed E-state index contributed by atoms with van der Waals surface area (Å²) in [6.07, 6.45) is 1.82. The second-order valence-corrected chi connectivity index (χ2v) is 5.49. The Labute approximate surface area is 143 Å². The molecule has 130 valence electrons. The Kier molecular flexibility index (Phi) is 4.60. The van der Waals surface area contributed by atoms with Crippen LogP contribution in [0.3, 0.4) is 0 Å². The van der Waals surface area contributed by atoms with E-state index in [9.17, 15) is 18.8 Å². The number of nitrogens with zero attached hydrogens (tertiary/aromatic N) is 3. The Morgan fingerprint density at radius 1 is 1.20 bits per heavy atom. The number of esters is 1. The number of amides is 1. The molecule has 3 rings (SSSR count). The van der Waals surface area contributed by atoms with Crippen LogP contribution >= 0.6 is 0 Å². The van der Waals surface area contributed by atoms with Crippen molar-refractivity contribution >= 4 is 23.6 Å². The van der Waals surface area contributed by atoms with Gasteiger partial charge in [-0.25, -0.2) is 4.39 Å². The van der Waals surface area contributed by atoms with Gasteiger partial charge in [0.1, 0.15) is 11.6 Å². The molecule has 1 aromatic carbocycles.